The van der Waals surface area contributed by atoms with Crippen LogP contribution in [0.1, 0.15) is 25.8 Å². The predicted molar refractivity (Wildman–Crippen MR) is 136 cm³/mol. The minimum atomic E-state index is -0.0542. The van der Waals surface area contributed by atoms with Crippen LogP contribution in [-0.4, -0.2) is 44.1 Å². The van der Waals surface area contributed by atoms with Crippen LogP contribution in [0.4, 0.5) is 11.4 Å². The smallest absolute Gasteiger partial charge is 0.221 e. The van der Waals surface area contributed by atoms with Crippen molar-refractivity contribution in [2.75, 3.05) is 36.4 Å². The zero-order valence-corrected chi connectivity index (χ0v) is 20.1. The van der Waals surface area contributed by atoms with E-state index in [2.05, 4.69) is 58.1 Å². The largest absolute Gasteiger partial charge is 0.369 e. The van der Waals surface area contributed by atoms with E-state index in [9.17, 15) is 4.79 Å². The van der Waals surface area contributed by atoms with Crippen molar-refractivity contribution in [2.24, 2.45) is 4.99 Å². The number of benzene rings is 2. The summed E-state index contributed by atoms with van der Waals surface area (Å²) < 4.78 is 0. The monoisotopic (exact) mass is 521 g/mol. The summed E-state index contributed by atoms with van der Waals surface area (Å²) in [4.78, 5) is 18.3. The van der Waals surface area contributed by atoms with Crippen LogP contribution in [0.5, 0.6) is 0 Å². The van der Waals surface area contributed by atoms with Crippen molar-refractivity contribution < 1.29 is 4.79 Å². The molecule has 0 radical (unpaired) electrons. The third-order valence-electron chi connectivity index (χ3n) is 4.94. The summed E-state index contributed by atoms with van der Waals surface area (Å²) >= 11 is 0. The Morgan fingerprint density at radius 1 is 1.13 bits per heavy atom. The number of rotatable bonds is 7. The first-order valence-corrected chi connectivity index (χ1v) is 10.4. The van der Waals surface area contributed by atoms with Gasteiger partial charge in [-0.1, -0.05) is 30.3 Å². The summed E-state index contributed by atoms with van der Waals surface area (Å²) in [5.74, 6) is 0.823. The number of carbonyl (C=O) groups excluding carboxylic acids is 1. The number of hydrogen-bond acceptors (Lipinski definition) is 3. The number of hydrogen-bond donors (Lipinski definition) is 3. The van der Waals surface area contributed by atoms with Gasteiger partial charge in [-0.25, -0.2) is 0 Å². The lowest BCUT2D eigenvalue weighted by Crippen LogP contribution is -2.44. The van der Waals surface area contributed by atoms with Gasteiger partial charge >= 0.3 is 0 Å². The molecule has 0 aromatic heterocycles. The summed E-state index contributed by atoms with van der Waals surface area (Å²) in [6.07, 6.45) is 1.96. The van der Waals surface area contributed by atoms with Gasteiger partial charge in [0.2, 0.25) is 5.91 Å². The molecule has 30 heavy (non-hydrogen) atoms. The van der Waals surface area contributed by atoms with E-state index in [4.69, 9.17) is 4.99 Å². The fourth-order valence-electron chi connectivity index (χ4n) is 3.52. The van der Waals surface area contributed by atoms with E-state index in [1.807, 2.05) is 24.3 Å². The highest BCUT2D eigenvalue weighted by molar-refractivity contribution is 14.0. The maximum atomic E-state index is 11.1. The van der Waals surface area contributed by atoms with E-state index in [0.717, 1.165) is 44.1 Å². The number of guanidine groups is 1. The van der Waals surface area contributed by atoms with E-state index in [-0.39, 0.29) is 29.9 Å². The highest BCUT2D eigenvalue weighted by atomic mass is 127. The average molecular weight is 521 g/mol. The standard InChI is InChI=1S/C23H31N5O.HI/c1-3-24-23(25-15-13-19-9-11-20(12-10-19)26-18(2)29)27-21-14-16-28(17-21)22-7-5-4-6-8-22;/h4-12,21H,3,13-17H2,1-2H3,(H,26,29)(H2,24,25,27);1H. The molecule has 3 rings (SSSR count). The van der Waals surface area contributed by atoms with Crippen LogP contribution >= 0.6 is 24.0 Å². The number of nitrogens with zero attached hydrogens (tertiary/aromatic N) is 2. The Kier molecular flexibility index (Phi) is 9.93. The number of halogens is 1. The maximum Gasteiger partial charge on any atom is 0.221 e. The van der Waals surface area contributed by atoms with Gasteiger partial charge in [0.25, 0.3) is 0 Å². The molecular formula is C23H32IN5O. The average Bonchev–Trinajstić information content (AvgIpc) is 3.18. The molecule has 1 aliphatic heterocycles. The van der Waals surface area contributed by atoms with Crippen LogP contribution < -0.4 is 20.9 Å². The third-order valence-corrected chi connectivity index (χ3v) is 4.94. The number of anilines is 2. The van der Waals surface area contributed by atoms with Gasteiger partial charge in [-0.3, -0.25) is 9.79 Å². The van der Waals surface area contributed by atoms with Crippen LogP contribution in [0.25, 0.3) is 0 Å². The van der Waals surface area contributed by atoms with Gasteiger partial charge in [0.05, 0.1) is 0 Å². The first-order valence-electron chi connectivity index (χ1n) is 10.4. The molecule has 3 N–H and O–H groups in total. The number of nitrogens with one attached hydrogen (secondary N) is 3. The zero-order chi connectivity index (χ0) is 20.5. The highest BCUT2D eigenvalue weighted by Gasteiger charge is 2.23. The number of amides is 1. The summed E-state index contributed by atoms with van der Waals surface area (Å²) in [5, 5.41) is 9.73. The molecule has 0 saturated carbocycles. The SMILES string of the molecule is CCNC(=NCCc1ccc(NC(C)=O)cc1)NC1CCN(c2ccccc2)C1.I. The lowest BCUT2D eigenvalue weighted by atomic mass is 10.1. The van der Waals surface area contributed by atoms with Gasteiger partial charge < -0.3 is 20.9 Å². The topological polar surface area (TPSA) is 68.8 Å². The predicted octanol–water partition coefficient (Wildman–Crippen LogP) is 3.64. The lowest BCUT2D eigenvalue weighted by molar-refractivity contribution is -0.114. The van der Waals surface area contributed by atoms with Crippen LogP contribution in [0.2, 0.25) is 0 Å². The molecule has 1 unspecified atom stereocenters. The maximum absolute atomic E-state index is 11.1. The molecule has 6 nitrogen and oxygen atoms in total. The quantitative estimate of drug-likeness (QED) is 0.296. The Balaban J connectivity index is 0.00000320. The minimum Gasteiger partial charge on any atom is -0.369 e. The highest BCUT2D eigenvalue weighted by Crippen LogP contribution is 2.19. The van der Waals surface area contributed by atoms with E-state index in [1.165, 1.54) is 18.2 Å². The van der Waals surface area contributed by atoms with Crippen LogP contribution in [0, 0.1) is 0 Å². The van der Waals surface area contributed by atoms with E-state index >= 15 is 0 Å². The lowest BCUT2D eigenvalue weighted by Gasteiger charge is -2.20. The minimum absolute atomic E-state index is 0. The number of aliphatic imine (C=N–C) groups is 1. The molecule has 1 fully saturated rings. The van der Waals surface area contributed by atoms with Gasteiger partial charge in [0.15, 0.2) is 5.96 Å². The fourth-order valence-corrected chi connectivity index (χ4v) is 3.52. The number of para-hydroxylation sites is 1. The molecular weight excluding hydrogens is 489 g/mol. The van der Waals surface area contributed by atoms with Gasteiger partial charge in [-0.05, 0) is 49.6 Å². The van der Waals surface area contributed by atoms with E-state index in [1.54, 1.807) is 0 Å². The molecule has 0 aliphatic carbocycles. The summed E-state index contributed by atoms with van der Waals surface area (Å²) in [6, 6.07) is 18.9. The first kappa shape index (κ1) is 24.0. The first-order chi connectivity index (χ1) is 14.1. The van der Waals surface area contributed by atoms with Crippen molar-refractivity contribution in [3.63, 3.8) is 0 Å². The Hall–Kier alpha value is -2.29. The molecule has 1 atom stereocenters. The van der Waals surface area contributed by atoms with Gasteiger partial charge in [-0.15, -0.1) is 24.0 Å². The number of carbonyl (C=O) groups is 1. The Labute approximate surface area is 196 Å². The van der Waals surface area contributed by atoms with E-state index < -0.39 is 0 Å². The molecule has 1 amide bonds. The Bertz CT molecular complexity index is 810. The van der Waals surface area contributed by atoms with E-state index in [0.29, 0.717) is 12.6 Å². The summed E-state index contributed by atoms with van der Waals surface area (Å²) in [7, 11) is 0. The fraction of sp³-hybridized carbons (Fsp3) is 0.391. The van der Waals surface area contributed by atoms with Crippen LogP contribution in [0.3, 0.4) is 0 Å². The molecule has 1 saturated heterocycles. The molecule has 7 heteroatoms. The second-order valence-electron chi connectivity index (χ2n) is 7.30. The second kappa shape index (κ2) is 12.4. The second-order valence-corrected chi connectivity index (χ2v) is 7.30. The molecule has 162 valence electrons. The Morgan fingerprint density at radius 2 is 1.87 bits per heavy atom. The molecule has 0 bridgehead atoms. The van der Waals surface area contributed by atoms with Crippen molar-refractivity contribution in [3.8, 4) is 0 Å². The van der Waals surface area contributed by atoms with Gasteiger partial charge in [-0.2, -0.15) is 0 Å². The van der Waals surface area contributed by atoms with Crippen LogP contribution in [0.15, 0.2) is 59.6 Å². The molecule has 1 aliphatic rings. The van der Waals surface area contributed by atoms with Crippen molar-refractivity contribution in [1.82, 2.24) is 10.6 Å². The molecule has 1 heterocycles. The van der Waals surface area contributed by atoms with Crippen LogP contribution in [-0.2, 0) is 11.2 Å². The van der Waals surface area contributed by atoms with Crippen molar-refractivity contribution >= 4 is 47.2 Å². The summed E-state index contributed by atoms with van der Waals surface area (Å²) in [5.41, 5.74) is 3.31. The van der Waals surface area contributed by atoms with Crippen molar-refractivity contribution in [1.29, 1.82) is 0 Å². The third kappa shape index (κ3) is 7.51. The van der Waals surface area contributed by atoms with Crippen molar-refractivity contribution in [3.05, 3.63) is 60.2 Å². The molecule has 0 spiro atoms. The Morgan fingerprint density at radius 3 is 2.53 bits per heavy atom. The van der Waals surface area contributed by atoms with Gasteiger partial charge in [0.1, 0.15) is 0 Å². The molecule has 2 aromatic carbocycles. The summed E-state index contributed by atoms with van der Waals surface area (Å²) in [6.45, 7) is 7.20. The van der Waals surface area contributed by atoms with Crippen molar-refractivity contribution in [2.45, 2.75) is 32.7 Å². The normalized spacial score (nSPS) is 16.0. The molecule has 2 aromatic rings. The zero-order valence-electron chi connectivity index (χ0n) is 17.7. The van der Waals surface area contributed by atoms with Gasteiger partial charge in [0, 0.05) is 50.5 Å².